The molecular formula is C17H21N5O. The van der Waals surface area contributed by atoms with Crippen LogP contribution in [0.4, 0.5) is 5.69 Å². The van der Waals surface area contributed by atoms with E-state index in [4.69, 9.17) is 4.52 Å². The summed E-state index contributed by atoms with van der Waals surface area (Å²) in [6.45, 7) is 4.03. The van der Waals surface area contributed by atoms with Crippen LogP contribution in [0.15, 0.2) is 47.2 Å². The lowest BCUT2D eigenvalue weighted by molar-refractivity contribution is 0.376. The number of hydrogen-bond donors (Lipinski definition) is 0. The molecule has 0 spiro atoms. The zero-order valence-corrected chi connectivity index (χ0v) is 13.5. The fourth-order valence-corrected chi connectivity index (χ4v) is 2.52. The lowest BCUT2D eigenvalue weighted by Gasteiger charge is -2.20. The normalized spacial score (nSPS) is 10.9. The van der Waals surface area contributed by atoms with Gasteiger partial charge in [-0.1, -0.05) is 35.5 Å². The number of aromatic nitrogens is 4. The summed E-state index contributed by atoms with van der Waals surface area (Å²) in [7, 11) is 1.93. The molecular weight excluding hydrogens is 290 g/mol. The Bertz CT molecular complexity index is 734. The molecule has 0 aliphatic heterocycles. The van der Waals surface area contributed by atoms with Gasteiger partial charge in [0.2, 0.25) is 11.7 Å². The molecule has 0 bridgehead atoms. The van der Waals surface area contributed by atoms with Crippen molar-refractivity contribution in [2.24, 2.45) is 7.05 Å². The van der Waals surface area contributed by atoms with Gasteiger partial charge in [0.05, 0.1) is 11.9 Å². The third-order valence-electron chi connectivity index (χ3n) is 3.76. The van der Waals surface area contributed by atoms with Crippen molar-refractivity contribution in [1.82, 2.24) is 19.9 Å². The van der Waals surface area contributed by atoms with Crippen molar-refractivity contribution >= 4 is 5.69 Å². The molecule has 2 heterocycles. The van der Waals surface area contributed by atoms with Gasteiger partial charge in [0.1, 0.15) is 0 Å². The van der Waals surface area contributed by atoms with E-state index in [1.54, 1.807) is 0 Å². The van der Waals surface area contributed by atoms with Crippen LogP contribution in [0.25, 0.3) is 11.4 Å². The van der Waals surface area contributed by atoms with Crippen molar-refractivity contribution in [1.29, 1.82) is 0 Å². The topological polar surface area (TPSA) is 60.0 Å². The lowest BCUT2D eigenvalue weighted by Crippen LogP contribution is -2.23. The first-order valence-electron chi connectivity index (χ1n) is 7.88. The lowest BCUT2D eigenvalue weighted by atomic mass is 10.2. The minimum absolute atomic E-state index is 0.653. The van der Waals surface area contributed by atoms with Gasteiger partial charge in [0.25, 0.3) is 0 Å². The molecule has 0 saturated heterocycles. The van der Waals surface area contributed by atoms with Gasteiger partial charge in [0.15, 0.2) is 0 Å². The second kappa shape index (κ2) is 7.09. The molecule has 3 aromatic rings. The van der Waals surface area contributed by atoms with Gasteiger partial charge >= 0.3 is 0 Å². The average Bonchev–Trinajstić information content (AvgIpc) is 3.22. The standard InChI is InChI=1S/C17H21N5O/c1-3-22(15-12-18-21(2)13-15)11-7-10-16-19-17(20-23-16)14-8-5-4-6-9-14/h4-6,8-9,12-13H,3,7,10-11H2,1-2H3. The Morgan fingerprint density at radius 1 is 1.22 bits per heavy atom. The van der Waals surface area contributed by atoms with Crippen LogP contribution in [0.3, 0.4) is 0 Å². The van der Waals surface area contributed by atoms with Crippen molar-refractivity contribution in [3.63, 3.8) is 0 Å². The molecule has 0 saturated carbocycles. The average molecular weight is 311 g/mol. The maximum absolute atomic E-state index is 5.35. The van der Waals surface area contributed by atoms with Crippen molar-refractivity contribution in [2.75, 3.05) is 18.0 Å². The smallest absolute Gasteiger partial charge is 0.227 e. The summed E-state index contributed by atoms with van der Waals surface area (Å²) < 4.78 is 7.17. The van der Waals surface area contributed by atoms with E-state index in [-0.39, 0.29) is 0 Å². The van der Waals surface area contributed by atoms with Crippen LogP contribution in [0.2, 0.25) is 0 Å². The summed E-state index contributed by atoms with van der Waals surface area (Å²) in [6, 6.07) is 9.88. The highest BCUT2D eigenvalue weighted by molar-refractivity contribution is 5.53. The largest absolute Gasteiger partial charge is 0.369 e. The molecule has 23 heavy (non-hydrogen) atoms. The van der Waals surface area contributed by atoms with Gasteiger partial charge in [-0.25, -0.2) is 0 Å². The summed E-state index contributed by atoms with van der Waals surface area (Å²) >= 11 is 0. The fraction of sp³-hybridized carbons (Fsp3) is 0.353. The second-order valence-electron chi connectivity index (χ2n) is 5.43. The third-order valence-corrected chi connectivity index (χ3v) is 3.76. The Labute approximate surface area is 135 Å². The van der Waals surface area contributed by atoms with E-state index in [1.807, 2.05) is 54.5 Å². The predicted octanol–water partition coefficient (Wildman–Crippen LogP) is 2.93. The molecule has 0 radical (unpaired) electrons. The Morgan fingerprint density at radius 2 is 2.04 bits per heavy atom. The first kappa shape index (κ1) is 15.3. The van der Waals surface area contributed by atoms with Crippen LogP contribution >= 0.6 is 0 Å². The SMILES string of the molecule is CCN(CCCc1nc(-c2ccccc2)no1)c1cnn(C)c1. The minimum Gasteiger partial charge on any atom is -0.369 e. The highest BCUT2D eigenvalue weighted by atomic mass is 16.5. The summed E-state index contributed by atoms with van der Waals surface area (Å²) in [5.41, 5.74) is 2.12. The van der Waals surface area contributed by atoms with Gasteiger partial charge in [-0.3, -0.25) is 4.68 Å². The molecule has 0 unspecified atom stereocenters. The molecule has 0 fully saturated rings. The quantitative estimate of drug-likeness (QED) is 0.671. The van der Waals surface area contributed by atoms with E-state index in [9.17, 15) is 0 Å². The van der Waals surface area contributed by atoms with Crippen molar-refractivity contribution in [3.8, 4) is 11.4 Å². The Balaban J connectivity index is 1.55. The van der Waals surface area contributed by atoms with Crippen LogP contribution < -0.4 is 4.90 Å². The van der Waals surface area contributed by atoms with Crippen LogP contribution in [-0.2, 0) is 13.5 Å². The summed E-state index contributed by atoms with van der Waals surface area (Å²) in [6.07, 6.45) is 5.66. The van der Waals surface area contributed by atoms with Crippen LogP contribution in [-0.4, -0.2) is 33.0 Å². The summed E-state index contributed by atoms with van der Waals surface area (Å²) in [4.78, 5) is 6.76. The highest BCUT2D eigenvalue weighted by Crippen LogP contribution is 2.16. The van der Waals surface area contributed by atoms with Crippen LogP contribution in [0, 0.1) is 0 Å². The van der Waals surface area contributed by atoms with Gasteiger partial charge < -0.3 is 9.42 Å². The molecule has 0 N–H and O–H groups in total. The molecule has 0 aliphatic rings. The number of aryl methyl sites for hydroxylation is 2. The Kier molecular flexibility index (Phi) is 4.71. The van der Waals surface area contributed by atoms with Gasteiger partial charge in [0, 0.05) is 38.3 Å². The van der Waals surface area contributed by atoms with Gasteiger partial charge in [-0.05, 0) is 13.3 Å². The molecule has 0 aliphatic carbocycles. The summed E-state index contributed by atoms with van der Waals surface area (Å²) in [5, 5.41) is 8.28. The number of nitrogens with zero attached hydrogens (tertiary/aromatic N) is 5. The van der Waals surface area contributed by atoms with Gasteiger partial charge in [-0.2, -0.15) is 10.1 Å². The number of hydrogen-bond acceptors (Lipinski definition) is 5. The maximum atomic E-state index is 5.35. The van der Waals surface area contributed by atoms with Crippen molar-refractivity contribution in [2.45, 2.75) is 19.8 Å². The van der Waals surface area contributed by atoms with Crippen molar-refractivity contribution < 1.29 is 4.52 Å². The summed E-state index contributed by atoms with van der Waals surface area (Å²) in [5.74, 6) is 1.34. The zero-order valence-electron chi connectivity index (χ0n) is 13.5. The first-order valence-corrected chi connectivity index (χ1v) is 7.88. The van der Waals surface area contributed by atoms with E-state index >= 15 is 0 Å². The molecule has 0 atom stereocenters. The monoisotopic (exact) mass is 311 g/mol. The van der Waals surface area contributed by atoms with Crippen molar-refractivity contribution in [3.05, 3.63) is 48.6 Å². The van der Waals surface area contributed by atoms with E-state index in [1.165, 1.54) is 0 Å². The molecule has 1 aromatic carbocycles. The molecule has 2 aromatic heterocycles. The Morgan fingerprint density at radius 3 is 2.74 bits per heavy atom. The van der Waals surface area contributed by atoms with E-state index < -0.39 is 0 Å². The molecule has 3 rings (SSSR count). The maximum Gasteiger partial charge on any atom is 0.227 e. The zero-order chi connectivity index (χ0) is 16.1. The fourth-order valence-electron chi connectivity index (χ4n) is 2.52. The minimum atomic E-state index is 0.653. The molecule has 6 nitrogen and oxygen atoms in total. The van der Waals surface area contributed by atoms with E-state index in [2.05, 4.69) is 27.1 Å². The number of benzene rings is 1. The number of rotatable bonds is 7. The van der Waals surface area contributed by atoms with Gasteiger partial charge in [-0.15, -0.1) is 0 Å². The Hall–Kier alpha value is -2.63. The number of anilines is 1. The third kappa shape index (κ3) is 3.77. The predicted molar refractivity (Wildman–Crippen MR) is 89.2 cm³/mol. The second-order valence-corrected chi connectivity index (χ2v) is 5.43. The molecule has 6 heteroatoms. The molecule has 0 amide bonds. The van der Waals surface area contributed by atoms with Crippen LogP contribution in [0.1, 0.15) is 19.2 Å². The van der Waals surface area contributed by atoms with E-state index in [0.717, 1.165) is 37.2 Å². The van der Waals surface area contributed by atoms with Crippen LogP contribution in [0.5, 0.6) is 0 Å². The van der Waals surface area contributed by atoms with E-state index in [0.29, 0.717) is 11.7 Å². The highest BCUT2D eigenvalue weighted by Gasteiger charge is 2.10. The first-order chi connectivity index (χ1) is 11.3. The molecule has 120 valence electrons.